The smallest absolute Gasteiger partial charge is 0.252 e. The van der Waals surface area contributed by atoms with E-state index in [-0.39, 0.29) is 12.5 Å². The van der Waals surface area contributed by atoms with Gasteiger partial charge in [-0.05, 0) is 88.7 Å². The molecule has 0 bridgehead atoms. The fourth-order valence-corrected chi connectivity index (χ4v) is 6.85. The molecule has 0 radical (unpaired) electrons. The number of furan rings is 1. The Balaban J connectivity index is 1.55. The number of dihydropyridines is 1. The summed E-state index contributed by atoms with van der Waals surface area (Å²) in [5, 5.41) is 7.15. The van der Waals surface area contributed by atoms with Crippen molar-refractivity contribution in [3.63, 3.8) is 0 Å². The van der Waals surface area contributed by atoms with Crippen LogP contribution in [-0.2, 0) is 22.5 Å². The molecule has 1 amide bonds. The maximum absolute atomic E-state index is 14.2. The van der Waals surface area contributed by atoms with Gasteiger partial charge in [0.2, 0.25) is 0 Å². The van der Waals surface area contributed by atoms with Gasteiger partial charge in [0, 0.05) is 60.8 Å². The topological polar surface area (TPSA) is 87.1 Å². The summed E-state index contributed by atoms with van der Waals surface area (Å²) < 4.78 is 12.2. The van der Waals surface area contributed by atoms with Gasteiger partial charge in [0.05, 0.1) is 12.1 Å². The molecule has 0 atom stereocenters. The molecule has 0 aliphatic carbocycles. The molecule has 42 heavy (non-hydrogen) atoms. The van der Waals surface area contributed by atoms with Crippen LogP contribution in [0, 0.1) is 0 Å². The molecule has 3 aliphatic rings. The zero-order valence-electron chi connectivity index (χ0n) is 25.7. The molecule has 4 heterocycles. The number of amides is 1. The lowest BCUT2D eigenvalue weighted by atomic mass is 9.95. The number of carbonyl (C=O) groups is 1. The van der Waals surface area contributed by atoms with E-state index in [0.29, 0.717) is 23.7 Å². The van der Waals surface area contributed by atoms with Gasteiger partial charge < -0.3 is 24.7 Å². The first-order chi connectivity index (χ1) is 20.5. The Morgan fingerprint density at radius 1 is 1.12 bits per heavy atom. The predicted molar refractivity (Wildman–Crippen MR) is 167 cm³/mol. The minimum atomic E-state index is -0.147. The summed E-state index contributed by atoms with van der Waals surface area (Å²) in [5.41, 5.74) is 6.64. The number of hydrogen-bond donors (Lipinski definition) is 2. The van der Waals surface area contributed by atoms with Gasteiger partial charge in [-0.2, -0.15) is 0 Å². The Bertz CT molecular complexity index is 1400. The van der Waals surface area contributed by atoms with Crippen molar-refractivity contribution in [3.8, 4) is 0 Å². The molecule has 226 valence electrons. The standard InChI is InChI=1S/C34H46N4O4/c1-5-24-17-23(4)36-30(22-39)29(24)20-35-34(40)33-27(6-2)31(38(7-3)25-11-15-41-16-12-25)19-32-28(33)18-26(42-32)21-37-13-9-8-10-14-37/h17-19,25,36H,5-16,20-21H2,1-4H3,(H,35,40). The maximum Gasteiger partial charge on any atom is 0.252 e. The lowest BCUT2D eigenvalue weighted by Gasteiger charge is -2.37. The number of piperidine rings is 1. The van der Waals surface area contributed by atoms with Crippen LogP contribution in [0.5, 0.6) is 0 Å². The van der Waals surface area contributed by atoms with E-state index in [4.69, 9.17) is 9.15 Å². The summed E-state index contributed by atoms with van der Waals surface area (Å²) in [6, 6.07) is 4.59. The highest BCUT2D eigenvalue weighted by Gasteiger charge is 2.28. The number of hydrogen-bond acceptors (Lipinski definition) is 7. The fraction of sp³-hybridized carbons (Fsp3) is 0.559. The second kappa shape index (κ2) is 13.8. The summed E-state index contributed by atoms with van der Waals surface area (Å²) in [5.74, 6) is 2.79. The molecular weight excluding hydrogens is 528 g/mol. The van der Waals surface area contributed by atoms with E-state index in [1.165, 1.54) is 19.3 Å². The molecule has 2 aromatic rings. The quantitative estimate of drug-likeness (QED) is 0.355. The summed E-state index contributed by atoms with van der Waals surface area (Å²) in [4.78, 5) is 30.9. The van der Waals surface area contributed by atoms with Crippen LogP contribution in [0.3, 0.4) is 0 Å². The molecule has 2 N–H and O–H groups in total. The third-order valence-corrected chi connectivity index (χ3v) is 8.96. The van der Waals surface area contributed by atoms with Crippen molar-refractivity contribution in [1.29, 1.82) is 0 Å². The van der Waals surface area contributed by atoms with Crippen LogP contribution in [0.2, 0.25) is 0 Å². The van der Waals surface area contributed by atoms with Crippen molar-refractivity contribution in [2.45, 2.75) is 85.2 Å². The Hall–Kier alpha value is -3.32. The molecule has 5 rings (SSSR count). The molecule has 2 saturated heterocycles. The Morgan fingerprint density at radius 3 is 2.55 bits per heavy atom. The van der Waals surface area contributed by atoms with Gasteiger partial charge in [0.1, 0.15) is 17.0 Å². The Labute approximate surface area is 249 Å². The second-order valence-corrected chi connectivity index (χ2v) is 11.7. The van der Waals surface area contributed by atoms with E-state index in [0.717, 1.165) is 103 Å². The van der Waals surface area contributed by atoms with E-state index >= 15 is 0 Å². The number of ether oxygens (including phenoxy) is 1. The molecule has 8 nitrogen and oxygen atoms in total. The van der Waals surface area contributed by atoms with Gasteiger partial charge >= 0.3 is 0 Å². The van der Waals surface area contributed by atoms with Gasteiger partial charge in [-0.1, -0.05) is 20.3 Å². The first-order valence-corrected chi connectivity index (χ1v) is 15.8. The van der Waals surface area contributed by atoms with Crippen LogP contribution in [0.25, 0.3) is 11.0 Å². The van der Waals surface area contributed by atoms with Crippen LogP contribution in [0.4, 0.5) is 5.69 Å². The molecule has 0 saturated carbocycles. The number of nitrogens with zero attached hydrogens (tertiary/aromatic N) is 2. The van der Waals surface area contributed by atoms with Gasteiger partial charge in [0.15, 0.2) is 5.94 Å². The normalized spacial score (nSPS) is 18.6. The largest absolute Gasteiger partial charge is 0.460 e. The van der Waals surface area contributed by atoms with Gasteiger partial charge in [-0.15, -0.1) is 0 Å². The highest BCUT2D eigenvalue weighted by atomic mass is 16.5. The van der Waals surface area contributed by atoms with Crippen molar-refractivity contribution < 1.29 is 18.7 Å². The molecule has 3 aliphatic heterocycles. The molecule has 8 heteroatoms. The van der Waals surface area contributed by atoms with Crippen molar-refractivity contribution >= 4 is 28.5 Å². The predicted octanol–water partition coefficient (Wildman–Crippen LogP) is 5.65. The highest BCUT2D eigenvalue weighted by Crippen LogP contribution is 2.37. The lowest BCUT2D eigenvalue weighted by Crippen LogP contribution is -2.40. The Kier molecular flexibility index (Phi) is 9.88. The van der Waals surface area contributed by atoms with Gasteiger partial charge in [0.25, 0.3) is 5.91 Å². The third-order valence-electron chi connectivity index (χ3n) is 8.96. The number of rotatable bonds is 10. The number of benzene rings is 1. The fourth-order valence-electron chi connectivity index (χ4n) is 6.85. The Morgan fingerprint density at radius 2 is 1.88 bits per heavy atom. The van der Waals surface area contributed by atoms with Crippen molar-refractivity contribution in [3.05, 3.63) is 57.6 Å². The lowest BCUT2D eigenvalue weighted by molar-refractivity contribution is 0.0845. The zero-order chi connectivity index (χ0) is 29.6. The number of fused-ring (bicyclic) bond motifs is 1. The molecule has 1 aromatic heterocycles. The number of likely N-dealkylation sites (tertiary alicyclic amines) is 1. The number of nitrogens with one attached hydrogen (secondary N) is 2. The van der Waals surface area contributed by atoms with Crippen LogP contribution in [0.15, 0.2) is 45.2 Å². The SMILES string of the molecule is CCC1=C(CNC(=O)c2c(CC)c(N(CC)C3CCOCC3)cc3oc(CN4CCCCC4)cc23)C(=C=O)NC(C)=C1. The van der Waals surface area contributed by atoms with Crippen LogP contribution in [-0.4, -0.2) is 62.2 Å². The molecule has 0 spiro atoms. The van der Waals surface area contributed by atoms with Crippen LogP contribution < -0.4 is 15.5 Å². The van der Waals surface area contributed by atoms with Crippen LogP contribution >= 0.6 is 0 Å². The first-order valence-electron chi connectivity index (χ1n) is 15.8. The van der Waals surface area contributed by atoms with E-state index in [9.17, 15) is 9.59 Å². The summed E-state index contributed by atoms with van der Waals surface area (Å²) in [6.07, 6.45) is 9.14. The van der Waals surface area contributed by atoms with Crippen molar-refractivity contribution in [2.75, 3.05) is 44.3 Å². The zero-order valence-corrected chi connectivity index (χ0v) is 25.7. The van der Waals surface area contributed by atoms with E-state index in [1.807, 2.05) is 18.9 Å². The summed E-state index contributed by atoms with van der Waals surface area (Å²) in [7, 11) is 0. The minimum absolute atomic E-state index is 0.147. The first kappa shape index (κ1) is 30.1. The van der Waals surface area contributed by atoms with Crippen molar-refractivity contribution in [2.24, 2.45) is 0 Å². The molecule has 2 fully saturated rings. The molecular formula is C34H46N4O4. The number of carbonyl (C=O) groups excluding carboxylic acids is 2. The third kappa shape index (κ3) is 6.36. The molecule has 1 aromatic carbocycles. The molecule has 0 unspecified atom stereocenters. The summed E-state index contributed by atoms with van der Waals surface area (Å²) >= 11 is 0. The van der Waals surface area contributed by atoms with Gasteiger partial charge in [-0.25, -0.2) is 4.79 Å². The average Bonchev–Trinajstić information content (AvgIpc) is 3.42. The number of allylic oxidation sites excluding steroid dienone is 3. The van der Waals surface area contributed by atoms with Gasteiger partial charge in [-0.3, -0.25) is 9.69 Å². The van der Waals surface area contributed by atoms with Crippen LogP contribution in [0.1, 0.15) is 87.9 Å². The van der Waals surface area contributed by atoms with E-state index in [1.54, 1.807) is 0 Å². The van der Waals surface area contributed by atoms with Crippen molar-refractivity contribution in [1.82, 2.24) is 15.5 Å². The van der Waals surface area contributed by atoms with E-state index < -0.39 is 0 Å². The average molecular weight is 575 g/mol. The number of anilines is 1. The van der Waals surface area contributed by atoms with E-state index in [2.05, 4.69) is 53.3 Å². The highest BCUT2D eigenvalue weighted by molar-refractivity contribution is 6.09. The summed E-state index contributed by atoms with van der Waals surface area (Å²) in [6.45, 7) is 13.8. The minimum Gasteiger partial charge on any atom is -0.460 e. The second-order valence-electron chi connectivity index (χ2n) is 11.7. The maximum atomic E-state index is 14.2. The monoisotopic (exact) mass is 574 g/mol.